The second kappa shape index (κ2) is 11.7. The number of aryl methyl sites for hydroxylation is 1. The van der Waals surface area contributed by atoms with Crippen LogP contribution in [-0.4, -0.2) is 20.7 Å². The SMILES string of the molecule is Cc1ccccc1CSc1nnc(CNC(=O)c2cc(C(F)(F)F)cc(C(F)(F)F)c2)n1-c1ccc(Cl)cc1Cl. The summed E-state index contributed by atoms with van der Waals surface area (Å²) in [6.45, 7) is 1.57. The molecule has 1 N–H and O–H groups in total. The summed E-state index contributed by atoms with van der Waals surface area (Å²) < 4.78 is 80.9. The van der Waals surface area contributed by atoms with E-state index in [0.717, 1.165) is 11.1 Å². The van der Waals surface area contributed by atoms with E-state index in [-0.39, 0.29) is 23.5 Å². The molecule has 0 radical (unpaired) electrons. The van der Waals surface area contributed by atoms with Crippen LogP contribution in [-0.2, 0) is 24.7 Å². The number of amides is 1. The molecule has 3 aromatic carbocycles. The number of alkyl halides is 6. The zero-order valence-corrected chi connectivity index (χ0v) is 22.7. The van der Waals surface area contributed by atoms with Gasteiger partial charge in [0.2, 0.25) is 0 Å². The van der Waals surface area contributed by atoms with Gasteiger partial charge in [0.25, 0.3) is 5.91 Å². The smallest absolute Gasteiger partial charge is 0.345 e. The first kappa shape index (κ1) is 29.8. The quantitative estimate of drug-likeness (QED) is 0.168. The maximum atomic E-state index is 13.2. The standard InChI is InChI=1S/C26H18Cl2F6N4OS/c1-14-4-2-3-5-15(14)13-40-24-37-36-22(38(24)21-7-6-19(27)11-20(21)28)12-35-23(39)16-8-17(25(29,30)31)10-18(9-16)26(32,33)34/h2-11H,12-13H2,1H3,(H,35,39). The van der Waals surface area contributed by atoms with E-state index in [1.165, 1.54) is 22.4 Å². The number of rotatable bonds is 7. The topological polar surface area (TPSA) is 59.8 Å². The minimum absolute atomic E-state index is 0.0477. The molecule has 0 saturated carbocycles. The van der Waals surface area contributed by atoms with Gasteiger partial charge in [0.05, 0.1) is 28.4 Å². The predicted molar refractivity (Wildman–Crippen MR) is 140 cm³/mol. The molecule has 0 aliphatic rings. The molecule has 5 nitrogen and oxygen atoms in total. The monoisotopic (exact) mass is 618 g/mol. The van der Waals surface area contributed by atoms with Gasteiger partial charge in [-0.1, -0.05) is 59.2 Å². The molecule has 4 aromatic rings. The summed E-state index contributed by atoms with van der Waals surface area (Å²) in [6.07, 6.45) is -10.2. The Kier molecular flexibility index (Phi) is 8.72. The van der Waals surface area contributed by atoms with Gasteiger partial charge in [0.15, 0.2) is 11.0 Å². The lowest BCUT2D eigenvalue weighted by Gasteiger charge is -2.15. The third kappa shape index (κ3) is 6.91. The molecule has 0 atom stereocenters. The summed E-state index contributed by atoms with van der Waals surface area (Å²) in [5.74, 6) is -0.525. The summed E-state index contributed by atoms with van der Waals surface area (Å²) in [7, 11) is 0. The molecule has 4 rings (SSSR count). The fourth-order valence-electron chi connectivity index (χ4n) is 3.67. The van der Waals surface area contributed by atoms with E-state index in [0.29, 0.717) is 33.8 Å². The number of nitrogens with one attached hydrogen (secondary N) is 1. The van der Waals surface area contributed by atoms with Crippen molar-refractivity contribution < 1.29 is 31.1 Å². The fraction of sp³-hybridized carbons (Fsp3) is 0.192. The van der Waals surface area contributed by atoms with E-state index >= 15 is 0 Å². The molecule has 0 spiro atoms. The largest absolute Gasteiger partial charge is 0.416 e. The van der Waals surface area contributed by atoms with Gasteiger partial charge in [0, 0.05) is 16.3 Å². The van der Waals surface area contributed by atoms with Crippen molar-refractivity contribution in [1.82, 2.24) is 20.1 Å². The minimum atomic E-state index is -5.09. The number of halogens is 8. The van der Waals surface area contributed by atoms with Crippen LogP contribution >= 0.6 is 35.0 Å². The molecular formula is C26H18Cl2F6N4OS. The van der Waals surface area contributed by atoms with Crippen LogP contribution in [0.3, 0.4) is 0 Å². The second-order valence-electron chi connectivity index (χ2n) is 8.52. The molecule has 1 aromatic heterocycles. The van der Waals surface area contributed by atoms with E-state index in [9.17, 15) is 31.1 Å². The highest BCUT2D eigenvalue weighted by molar-refractivity contribution is 7.98. The van der Waals surface area contributed by atoms with Crippen LogP contribution in [0.5, 0.6) is 0 Å². The van der Waals surface area contributed by atoms with Gasteiger partial charge >= 0.3 is 12.4 Å². The van der Waals surface area contributed by atoms with Crippen LogP contribution < -0.4 is 5.32 Å². The highest BCUT2D eigenvalue weighted by Crippen LogP contribution is 2.36. The molecular weight excluding hydrogens is 601 g/mol. The van der Waals surface area contributed by atoms with Crippen molar-refractivity contribution in [2.45, 2.75) is 36.7 Å². The molecule has 210 valence electrons. The highest BCUT2D eigenvalue weighted by atomic mass is 35.5. The maximum Gasteiger partial charge on any atom is 0.416 e. The van der Waals surface area contributed by atoms with Gasteiger partial charge in [0.1, 0.15) is 0 Å². The number of thioether (sulfide) groups is 1. The summed E-state index contributed by atoms with van der Waals surface area (Å²) >= 11 is 13.8. The molecule has 1 heterocycles. The molecule has 0 saturated heterocycles. The maximum absolute atomic E-state index is 13.2. The van der Waals surface area contributed by atoms with Crippen LogP contribution in [0.2, 0.25) is 10.0 Å². The van der Waals surface area contributed by atoms with Crippen molar-refractivity contribution in [3.8, 4) is 5.69 Å². The predicted octanol–water partition coefficient (Wildman–Crippen LogP) is 8.14. The molecule has 1 amide bonds. The number of benzene rings is 3. The molecule has 0 fully saturated rings. The molecule has 0 unspecified atom stereocenters. The molecule has 14 heteroatoms. The van der Waals surface area contributed by atoms with Crippen LogP contribution in [0.25, 0.3) is 5.69 Å². The van der Waals surface area contributed by atoms with Gasteiger partial charge in [-0.05, 0) is 54.4 Å². The summed E-state index contributed by atoms with van der Waals surface area (Å²) in [5.41, 5.74) is -1.52. The first-order valence-corrected chi connectivity index (χ1v) is 13.1. The number of hydrogen-bond donors (Lipinski definition) is 1. The van der Waals surface area contributed by atoms with Crippen molar-refractivity contribution in [1.29, 1.82) is 0 Å². The Hall–Kier alpha value is -3.22. The van der Waals surface area contributed by atoms with E-state index in [2.05, 4.69) is 15.5 Å². The van der Waals surface area contributed by atoms with Crippen LogP contribution in [0, 0.1) is 6.92 Å². The lowest BCUT2D eigenvalue weighted by atomic mass is 10.0. The first-order valence-electron chi connectivity index (χ1n) is 11.4. The third-order valence-electron chi connectivity index (χ3n) is 5.73. The van der Waals surface area contributed by atoms with E-state index < -0.39 is 35.0 Å². The zero-order valence-electron chi connectivity index (χ0n) is 20.4. The van der Waals surface area contributed by atoms with E-state index in [4.69, 9.17) is 23.2 Å². The third-order valence-corrected chi connectivity index (χ3v) is 7.24. The Morgan fingerprint density at radius 2 is 1.57 bits per heavy atom. The normalized spacial score (nSPS) is 12.0. The Morgan fingerprint density at radius 3 is 2.17 bits per heavy atom. The van der Waals surface area contributed by atoms with Crippen LogP contribution in [0.15, 0.2) is 65.8 Å². The molecule has 0 bridgehead atoms. The molecule has 0 aliphatic heterocycles. The summed E-state index contributed by atoms with van der Waals surface area (Å²) in [4.78, 5) is 12.7. The first-order chi connectivity index (χ1) is 18.7. The fourth-order valence-corrected chi connectivity index (χ4v) is 5.21. The minimum Gasteiger partial charge on any atom is -0.345 e. The lowest BCUT2D eigenvalue weighted by molar-refractivity contribution is -0.143. The highest BCUT2D eigenvalue weighted by Gasteiger charge is 2.37. The van der Waals surface area contributed by atoms with Crippen molar-refractivity contribution in [2.24, 2.45) is 0 Å². The number of carbonyl (C=O) groups is 1. The summed E-state index contributed by atoms with van der Waals surface area (Å²) in [5, 5.41) is 11.6. The van der Waals surface area contributed by atoms with E-state index in [1.54, 1.807) is 12.1 Å². The zero-order chi connectivity index (χ0) is 29.2. The van der Waals surface area contributed by atoms with Crippen molar-refractivity contribution in [2.75, 3.05) is 0 Å². The van der Waals surface area contributed by atoms with Gasteiger partial charge < -0.3 is 5.32 Å². The Morgan fingerprint density at radius 1 is 0.925 bits per heavy atom. The Bertz CT molecular complexity index is 1520. The Labute approximate surface area is 238 Å². The van der Waals surface area contributed by atoms with Crippen LogP contribution in [0.1, 0.15) is 38.4 Å². The van der Waals surface area contributed by atoms with Gasteiger partial charge in [-0.3, -0.25) is 9.36 Å². The molecule has 40 heavy (non-hydrogen) atoms. The number of carbonyl (C=O) groups excluding carboxylic acids is 1. The second-order valence-corrected chi connectivity index (χ2v) is 10.3. The number of aromatic nitrogens is 3. The van der Waals surface area contributed by atoms with Gasteiger partial charge in [-0.15, -0.1) is 10.2 Å². The number of hydrogen-bond acceptors (Lipinski definition) is 4. The average Bonchev–Trinajstić information content (AvgIpc) is 3.28. The Balaban J connectivity index is 1.65. The van der Waals surface area contributed by atoms with Gasteiger partial charge in [-0.25, -0.2) is 0 Å². The van der Waals surface area contributed by atoms with Crippen molar-refractivity contribution in [3.63, 3.8) is 0 Å². The van der Waals surface area contributed by atoms with Crippen molar-refractivity contribution >= 4 is 40.9 Å². The average molecular weight is 619 g/mol. The van der Waals surface area contributed by atoms with E-state index in [1.807, 2.05) is 31.2 Å². The number of nitrogens with zero attached hydrogens (tertiary/aromatic N) is 3. The summed E-state index contributed by atoms with van der Waals surface area (Å²) in [6, 6.07) is 13.0. The van der Waals surface area contributed by atoms with Crippen molar-refractivity contribution in [3.05, 3.63) is 104 Å². The van der Waals surface area contributed by atoms with Crippen LogP contribution in [0.4, 0.5) is 26.3 Å². The molecule has 0 aliphatic carbocycles. The lowest BCUT2D eigenvalue weighted by Crippen LogP contribution is -2.26. The van der Waals surface area contributed by atoms with Gasteiger partial charge in [-0.2, -0.15) is 26.3 Å².